The van der Waals surface area contributed by atoms with Crippen molar-refractivity contribution in [2.24, 2.45) is 5.73 Å². The Morgan fingerprint density at radius 3 is 2.67 bits per heavy atom. The summed E-state index contributed by atoms with van der Waals surface area (Å²) in [5, 5.41) is 9.33. The highest BCUT2D eigenvalue weighted by Gasteiger charge is 2.34. The van der Waals surface area contributed by atoms with Crippen LogP contribution in [0, 0.1) is 5.82 Å². The molecule has 1 aliphatic rings. The largest absolute Gasteiger partial charge is 0.505 e. The van der Waals surface area contributed by atoms with E-state index in [-0.39, 0.29) is 11.8 Å². The minimum Gasteiger partial charge on any atom is -0.505 e. The second kappa shape index (κ2) is 4.07. The Hall–Kier alpha value is -1.94. The van der Waals surface area contributed by atoms with Crippen LogP contribution in [0.3, 0.4) is 0 Å². The van der Waals surface area contributed by atoms with Crippen LogP contribution in [-0.2, 0) is 0 Å². The lowest BCUT2D eigenvalue weighted by Gasteiger charge is -2.05. The van der Waals surface area contributed by atoms with E-state index in [2.05, 4.69) is 4.98 Å². The zero-order chi connectivity index (χ0) is 12.7. The third-order valence-corrected chi connectivity index (χ3v) is 3.31. The zero-order valence-electron chi connectivity index (χ0n) is 9.68. The average Bonchev–Trinajstić information content (AvgIpc) is 3.10. The fraction of sp³-hybridized carbons (Fsp3) is 0.214. The molecule has 0 bridgehead atoms. The molecule has 3 nitrogen and oxygen atoms in total. The van der Waals surface area contributed by atoms with E-state index in [0.717, 1.165) is 12.0 Å². The third-order valence-electron chi connectivity index (χ3n) is 3.31. The van der Waals surface area contributed by atoms with Gasteiger partial charge in [0.05, 0.1) is 5.69 Å². The predicted molar refractivity (Wildman–Crippen MR) is 66.6 cm³/mol. The fourth-order valence-electron chi connectivity index (χ4n) is 2.10. The van der Waals surface area contributed by atoms with Crippen molar-refractivity contribution in [1.29, 1.82) is 0 Å². The molecule has 1 aromatic carbocycles. The van der Waals surface area contributed by atoms with Gasteiger partial charge in [-0.3, -0.25) is 4.98 Å². The van der Waals surface area contributed by atoms with Gasteiger partial charge in [-0.1, -0.05) is 12.1 Å². The summed E-state index contributed by atoms with van der Waals surface area (Å²) < 4.78 is 13.7. The van der Waals surface area contributed by atoms with E-state index in [1.165, 1.54) is 6.07 Å². The summed E-state index contributed by atoms with van der Waals surface area (Å²) in [5.41, 5.74) is 7.68. The van der Waals surface area contributed by atoms with Crippen molar-refractivity contribution in [2.75, 3.05) is 0 Å². The first-order valence-electron chi connectivity index (χ1n) is 5.86. The molecule has 92 valence electrons. The Balaban J connectivity index is 1.95. The zero-order valence-corrected chi connectivity index (χ0v) is 9.68. The molecule has 1 aliphatic carbocycles. The number of benzene rings is 1. The van der Waals surface area contributed by atoms with Gasteiger partial charge in [-0.05, 0) is 30.2 Å². The van der Waals surface area contributed by atoms with Gasteiger partial charge in [0.1, 0.15) is 0 Å². The average molecular weight is 244 g/mol. The Kier molecular flexibility index (Phi) is 2.52. The van der Waals surface area contributed by atoms with Crippen LogP contribution in [0.1, 0.15) is 17.9 Å². The van der Waals surface area contributed by atoms with Crippen LogP contribution in [-0.4, -0.2) is 16.1 Å². The molecule has 1 aromatic heterocycles. The fourth-order valence-corrected chi connectivity index (χ4v) is 2.10. The van der Waals surface area contributed by atoms with E-state index >= 15 is 0 Å². The number of hydrogen-bond acceptors (Lipinski definition) is 3. The highest BCUT2D eigenvalue weighted by Crippen LogP contribution is 2.39. The summed E-state index contributed by atoms with van der Waals surface area (Å²) in [6.45, 7) is 0. The number of aromatic hydroxyl groups is 1. The number of phenolic OH excluding ortho intramolecular Hbond substituents is 1. The quantitative estimate of drug-likeness (QED) is 0.852. The van der Waals surface area contributed by atoms with Crippen LogP contribution in [0.4, 0.5) is 4.39 Å². The monoisotopic (exact) mass is 244 g/mol. The van der Waals surface area contributed by atoms with Crippen LogP contribution in [0.25, 0.3) is 11.3 Å². The second-order valence-corrected chi connectivity index (χ2v) is 4.62. The molecule has 18 heavy (non-hydrogen) atoms. The summed E-state index contributed by atoms with van der Waals surface area (Å²) in [4.78, 5) is 4.24. The van der Waals surface area contributed by atoms with Gasteiger partial charge in [0, 0.05) is 23.7 Å². The van der Waals surface area contributed by atoms with Crippen LogP contribution in [0.2, 0.25) is 0 Å². The van der Waals surface area contributed by atoms with Gasteiger partial charge < -0.3 is 10.8 Å². The minimum atomic E-state index is -0.638. The lowest BCUT2D eigenvalue weighted by atomic mass is 10.1. The number of nitrogens with two attached hydrogens (primary N) is 1. The van der Waals surface area contributed by atoms with E-state index < -0.39 is 5.82 Å². The molecule has 0 aliphatic heterocycles. The smallest absolute Gasteiger partial charge is 0.174 e. The van der Waals surface area contributed by atoms with Gasteiger partial charge in [-0.15, -0.1) is 0 Å². The van der Waals surface area contributed by atoms with E-state index in [9.17, 15) is 9.50 Å². The lowest BCUT2D eigenvalue weighted by molar-refractivity contribution is 0.433. The SMILES string of the molecule is N[C@@H]1C[C@H]1c1ccc(-c2cccc(O)c2F)nc1. The van der Waals surface area contributed by atoms with Gasteiger partial charge in [0.2, 0.25) is 0 Å². The maximum Gasteiger partial charge on any atom is 0.174 e. The maximum atomic E-state index is 13.7. The Labute approximate surface area is 104 Å². The predicted octanol–water partition coefficient (Wildman–Crippen LogP) is 2.41. The topological polar surface area (TPSA) is 59.1 Å². The highest BCUT2D eigenvalue weighted by molar-refractivity contribution is 5.62. The first-order chi connectivity index (χ1) is 8.66. The molecule has 0 spiro atoms. The molecule has 1 heterocycles. The molecule has 3 rings (SSSR count). The van der Waals surface area contributed by atoms with Crippen molar-refractivity contribution < 1.29 is 9.50 Å². The van der Waals surface area contributed by atoms with Crippen LogP contribution >= 0.6 is 0 Å². The molecule has 3 N–H and O–H groups in total. The summed E-state index contributed by atoms with van der Waals surface area (Å²) in [6.07, 6.45) is 2.72. The number of aromatic nitrogens is 1. The van der Waals surface area contributed by atoms with Gasteiger partial charge >= 0.3 is 0 Å². The number of halogens is 1. The Morgan fingerprint density at radius 2 is 2.06 bits per heavy atom. The first kappa shape index (κ1) is 11.2. The second-order valence-electron chi connectivity index (χ2n) is 4.62. The summed E-state index contributed by atoms with van der Waals surface area (Å²) >= 11 is 0. The molecule has 4 heteroatoms. The number of rotatable bonds is 2. The number of pyridine rings is 1. The molecule has 1 saturated carbocycles. The molecule has 0 unspecified atom stereocenters. The molecular formula is C14H13FN2O. The van der Waals surface area contributed by atoms with E-state index in [4.69, 9.17) is 5.73 Å². The van der Waals surface area contributed by atoms with Gasteiger partial charge in [0.25, 0.3) is 0 Å². The highest BCUT2D eigenvalue weighted by atomic mass is 19.1. The number of phenols is 1. The van der Waals surface area contributed by atoms with E-state index in [0.29, 0.717) is 17.2 Å². The van der Waals surface area contributed by atoms with Crippen LogP contribution in [0.5, 0.6) is 5.75 Å². The standard InChI is InChI=1S/C14H13FN2O/c15-14-9(2-1-3-13(14)18)12-5-4-8(7-17-12)10-6-11(10)16/h1-5,7,10-11,18H,6,16H2/t10-,11+/m0/s1. The van der Waals surface area contributed by atoms with Gasteiger partial charge in [0.15, 0.2) is 11.6 Å². The number of nitrogens with zero attached hydrogens (tertiary/aromatic N) is 1. The molecule has 0 amide bonds. The van der Waals surface area contributed by atoms with Crippen molar-refractivity contribution in [3.63, 3.8) is 0 Å². The normalized spacial score (nSPS) is 21.9. The first-order valence-corrected chi connectivity index (χ1v) is 5.86. The van der Waals surface area contributed by atoms with Crippen LogP contribution < -0.4 is 5.73 Å². The summed E-state index contributed by atoms with van der Waals surface area (Å²) in [5.74, 6) is -0.607. The van der Waals surface area contributed by atoms with Crippen molar-refractivity contribution in [2.45, 2.75) is 18.4 Å². The van der Waals surface area contributed by atoms with Gasteiger partial charge in [-0.25, -0.2) is 4.39 Å². The Bertz CT molecular complexity index is 583. The number of hydrogen-bond donors (Lipinski definition) is 2. The molecule has 2 atom stereocenters. The minimum absolute atomic E-state index is 0.232. The Morgan fingerprint density at radius 1 is 1.28 bits per heavy atom. The van der Waals surface area contributed by atoms with Crippen molar-refractivity contribution in [3.8, 4) is 17.0 Å². The van der Waals surface area contributed by atoms with Gasteiger partial charge in [-0.2, -0.15) is 0 Å². The molecule has 1 fully saturated rings. The molecule has 2 aromatic rings. The summed E-state index contributed by atoms with van der Waals surface area (Å²) in [6, 6.07) is 8.42. The maximum absolute atomic E-state index is 13.7. The van der Waals surface area contributed by atoms with Crippen LogP contribution in [0.15, 0.2) is 36.5 Å². The lowest BCUT2D eigenvalue weighted by Crippen LogP contribution is -2.01. The van der Waals surface area contributed by atoms with Crippen molar-refractivity contribution >= 4 is 0 Å². The molecule has 0 saturated heterocycles. The third kappa shape index (κ3) is 1.84. The van der Waals surface area contributed by atoms with Crippen molar-refractivity contribution in [3.05, 3.63) is 47.9 Å². The van der Waals surface area contributed by atoms with E-state index in [1.807, 2.05) is 6.07 Å². The van der Waals surface area contributed by atoms with E-state index in [1.54, 1.807) is 24.4 Å². The van der Waals surface area contributed by atoms with Crippen molar-refractivity contribution in [1.82, 2.24) is 4.98 Å². The summed E-state index contributed by atoms with van der Waals surface area (Å²) in [7, 11) is 0. The molecule has 0 radical (unpaired) electrons. The molecular weight excluding hydrogens is 231 g/mol.